The van der Waals surface area contributed by atoms with Crippen molar-refractivity contribution >= 4 is 16.8 Å². The van der Waals surface area contributed by atoms with E-state index in [9.17, 15) is 0 Å². The van der Waals surface area contributed by atoms with Gasteiger partial charge in [-0.1, -0.05) is 41.6 Å². The van der Waals surface area contributed by atoms with Crippen molar-refractivity contribution in [3.05, 3.63) is 78.6 Å². The van der Waals surface area contributed by atoms with Gasteiger partial charge >= 0.3 is 0 Å². The Morgan fingerprint density at radius 2 is 1.70 bits per heavy atom. The Hall–Kier alpha value is -3.14. The van der Waals surface area contributed by atoms with Crippen LogP contribution in [0.1, 0.15) is 5.56 Å². The second-order valence-electron chi connectivity index (χ2n) is 5.32. The van der Waals surface area contributed by atoms with Crippen LogP contribution >= 0.6 is 0 Å². The highest BCUT2D eigenvalue weighted by atomic mass is 16.5. The highest BCUT2D eigenvalue weighted by molar-refractivity contribution is 5.91. The second kappa shape index (κ2) is 5.93. The predicted octanol–water partition coefficient (Wildman–Crippen LogP) is 4.50. The van der Waals surface area contributed by atoms with Gasteiger partial charge in [-0.2, -0.15) is 0 Å². The summed E-state index contributed by atoms with van der Waals surface area (Å²) in [5.41, 5.74) is 4.22. The average molecular weight is 301 g/mol. The first-order valence-electron chi connectivity index (χ1n) is 7.48. The van der Waals surface area contributed by atoms with E-state index in [4.69, 9.17) is 4.52 Å². The van der Waals surface area contributed by atoms with Crippen molar-refractivity contribution in [2.24, 2.45) is 0 Å². The monoisotopic (exact) mass is 301 g/mol. The van der Waals surface area contributed by atoms with Gasteiger partial charge in [0.15, 0.2) is 11.4 Å². The van der Waals surface area contributed by atoms with E-state index in [1.165, 1.54) is 0 Å². The van der Waals surface area contributed by atoms with E-state index >= 15 is 0 Å². The van der Waals surface area contributed by atoms with Gasteiger partial charge in [0.05, 0.1) is 5.39 Å². The molecule has 1 N–H and O–H groups in total. The summed E-state index contributed by atoms with van der Waals surface area (Å²) in [7, 11) is 0. The van der Waals surface area contributed by atoms with Crippen LogP contribution in [0.25, 0.3) is 22.1 Å². The lowest BCUT2D eigenvalue weighted by Crippen LogP contribution is -1.99. The zero-order valence-corrected chi connectivity index (χ0v) is 12.4. The van der Waals surface area contributed by atoms with Gasteiger partial charge in [0.1, 0.15) is 0 Å². The summed E-state index contributed by atoms with van der Waals surface area (Å²) in [5, 5.41) is 8.44. The van der Waals surface area contributed by atoms with E-state index in [1.54, 1.807) is 12.4 Å². The molecule has 0 radical (unpaired) electrons. The van der Waals surface area contributed by atoms with Crippen molar-refractivity contribution in [3.8, 4) is 11.1 Å². The fourth-order valence-corrected chi connectivity index (χ4v) is 2.56. The Bertz CT molecular complexity index is 917. The van der Waals surface area contributed by atoms with Crippen molar-refractivity contribution in [2.45, 2.75) is 6.54 Å². The maximum absolute atomic E-state index is 5.47. The lowest BCUT2D eigenvalue weighted by Gasteiger charge is -2.03. The van der Waals surface area contributed by atoms with Crippen LogP contribution in [0.4, 0.5) is 5.82 Å². The molecule has 4 heteroatoms. The number of nitrogens with one attached hydrogen (secondary N) is 1. The standard InChI is InChI=1S/C19H15N3O/c1-2-4-15(5-3-1)16-6-7-17-18(12-16)23-22-19(17)21-13-14-8-10-20-11-9-14/h1-12H,13H2,(H,21,22). The number of hydrogen-bond donors (Lipinski definition) is 1. The number of pyridine rings is 1. The molecule has 0 amide bonds. The van der Waals surface area contributed by atoms with Crippen LogP contribution in [-0.2, 0) is 6.54 Å². The molecule has 2 heterocycles. The van der Waals surface area contributed by atoms with Crippen LogP contribution in [0.2, 0.25) is 0 Å². The van der Waals surface area contributed by atoms with Gasteiger partial charge in [-0.3, -0.25) is 4.98 Å². The minimum absolute atomic E-state index is 0.685. The maximum atomic E-state index is 5.47. The first-order valence-corrected chi connectivity index (χ1v) is 7.48. The number of fused-ring (bicyclic) bond motifs is 1. The highest BCUT2D eigenvalue weighted by Crippen LogP contribution is 2.28. The summed E-state index contributed by atoms with van der Waals surface area (Å²) in [6.07, 6.45) is 3.56. The van der Waals surface area contributed by atoms with Crippen molar-refractivity contribution in [2.75, 3.05) is 5.32 Å². The van der Waals surface area contributed by atoms with Gasteiger partial charge in [0, 0.05) is 18.9 Å². The second-order valence-corrected chi connectivity index (χ2v) is 5.32. The lowest BCUT2D eigenvalue weighted by molar-refractivity contribution is 0.459. The third-order valence-electron chi connectivity index (χ3n) is 3.79. The molecule has 0 aliphatic carbocycles. The minimum atomic E-state index is 0.685. The molecule has 4 aromatic rings. The Morgan fingerprint density at radius 1 is 0.870 bits per heavy atom. The Morgan fingerprint density at radius 3 is 2.52 bits per heavy atom. The summed E-state index contributed by atoms with van der Waals surface area (Å²) in [6, 6.07) is 20.3. The fraction of sp³-hybridized carbons (Fsp3) is 0.0526. The van der Waals surface area contributed by atoms with Crippen molar-refractivity contribution in [1.82, 2.24) is 10.1 Å². The van der Waals surface area contributed by atoms with Crippen LogP contribution < -0.4 is 5.32 Å². The molecule has 0 atom stereocenters. The quantitative estimate of drug-likeness (QED) is 0.603. The number of benzene rings is 2. The molecule has 112 valence electrons. The van der Waals surface area contributed by atoms with Gasteiger partial charge in [0.25, 0.3) is 0 Å². The number of aromatic nitrogens is 2. The van der Waals surface area contributed by atoms with E-state index in [1.807, 2.05) is 42.5 Å². The molecule has 0 spiro atoms. The van der Waals surface area contributed by atoms with E-state index in [0.29, 0.717) is 6.54 Å². The third-order valence-corrected chi connectivity index (χ3v) is 3.79. The smallest absolute Gasteiger partial charge is 0.177 e. The molecule has 0 saturated heterocycles. The fourth-order valence-electron chi connectivity index (χ4n) is 2.56. The minimum Gasteiger partial charge on any atom is -0.363 e. The highest BCUT2D eigenvalue weighted by Gasteiger charge is 2.09. The normalized spacial score (nSPS) is 10.8. The lowest BCUT2D eigenvalue weighted by atomic mass is 10.0. The SMILES string of the molecule is c1ccc(-c2ccc3c(NCc4ccncc4)noc3c2)cc1. The Kier molecular flexibility index (Phi) is 3.48. The first kappa shape index (κ1) is 13.5. The van der Waals surface area contributed by atoms with Crippen molar-refractivity contribution < 1.29 is 4.52 Å². The van der Waals surface area contributed by atoms with Crippen LogP contribution in [-0.4, -0.2) is 10.1 Å². The third kappa shape index (κ3) is 2.79. The van der Waals surface area contributed by atoms with E-state index in [0.717, 1.165) is 33.5 Å². The molecule has 2 aromatic heterocycles. The summed E-state index contributed by atoms with van der Waals surface area (Å²) >= 11 is 0. The van der Waals surface area contributed by atoms with Gasteiger partial charge in [0.2, 0.25) is 0 Å². The predicted molar refractivity (Wildman–Crippen MR) is 91.0 cm³/mol. The Labute approximate surface area is 133 Å². The molecule has 4 rings (SSSR count). The summed E-state index contributed by atoms with van der Waals surface area (Å²) in [6.45, 7) is 0.685. The maximum Gasteiger partial charge on any atom is 0.177 e. The van der Waals surface area contributed by atoms with Gasteiger partial charge in [-0.15, -0.1) is 0 Å². The summed E-state index contributed by atoms with van der Waals surface area (Å²) < 4.78 is 5.47. The first-order chi connectivity index (χ1) is 11.4. The van der Waals surface area contributed by atoms with E-state index < -0.39 is 0 Å². The largest absolute Gasteiger partial charge is 0.363 e. The zero-order valence-electron chi connectivity index (χ0n) is 12.4. The molecular formula is C19H15N3O. The zero-order chi connectivity index (χ0) is 15.5. The molecule has 0 aliphatic rings. The molecule has 0 bridgehead atoms. The molecule has 0 unspecified atom stereocenters. The molecule has 0 aliphatic heterocycles. The molecule has 4 nitrogen and oxygen atoms in total. The van der Waals surface area contributed by atoms with Gasteiger partial charge < -0.3 is 9.84 Å². The average Bonchev–Trinajstić information content (AvgIpc) is 3.04. The number of hydrogen-bond acceptors (Lipinski definition) is 4. The van der Waals surface area contributed by atoms with Crippen molar-refractivity contribution in [3.63, 3.8) is 0 Å². The summed E-state index contributed by atoms with van der Waals surface area (Å²) in [4.78, 5) is 4.02. The molecule has 2 aromatic carbocycles. The number of nitrogens with zero attached hydrogens (tertiary/aromatic N) is 2. The van der Waals surface area contributed by atoms with Crippen LogP contribution in [0.5, 0.6) is 0 Å². The summed E-state index contributed by atoms with van der Waals surface area (Å²) in [5.74, 6) is 0.761. The van der Waals surface area contributed by atoms with Crippen molar-refractivity contribution in [1.29, 1.82) is 0 Å². The number of anilines is 1. The molecule has 23 heavy (non-hydrogen) atoms. The molecule has 0 saturated carbocycles. The van der Waals surface area contributed by atoms with Crippen LogP contribution in [0, 0.1) is 0 Å². The molecule has 0 fully saturated rings. The van der Waals surface area contributed by atoms with Gasteiger partial charge in [-0.05, 0) is 41.0 Å². The topological polar surface area (TPSA) is 51.0 Å². The van der Waals surface area contributed by atoms with Gasteiger partial charge in [-0.25, -0.2) is 0 Å². The molecular weight excluding hydrogens is 286 g/mol. The van der Waals surface area contributed by atoms with Crippen LogP contribution in [0.15, 0.2) is 77.6 Å². The number of rotatable bonds is 4. The Balaban J connectivity index is 1.60. The van der Waals surface area contributed by atoms with E-state index in [2.05, 4.69) is 33.7 Å². The van der Waals surface area contributed by atoms with Crippen LogP contribution in [0.3, 0.4) is 0 Å². The van der Waals surface area contributed by atoms with E-state index in [-0.39, 0.29) is 0 Å².